The molecule has 0 bridgehead atoms. The van der Waals surface area contributed by atoms with Crippen molar-refractivity contribution in [3.05, 3.63) is 0 Å². The Kier molecular flexibility index (Phi) is 9.18. The fraction of sp³-hybridized carbons (Fsp3) is 0.909. The van der Waals surface area contributed by atoms with Crippen molar-refractivity contribution in [3.63, 3.8) is 0 Å². The zero-order valence-corrected chi connectivity index (χ0v) is 10.7. The van der Waals surface area contributed by atoms with E-state index in [1.54, 1.807) is 14.2 Å². The summed E-state index contributed by atoms with van der Waals surface area (Å²) in [4.78, 5) is 2.19. The summed E-state index contributed by atoms with van der Waals surface area (Å²) in [7, 11) is 3.38. The van der Waals surface area contributed by atoms with Crippen LogP contribution in [0.3, 0.4) is 0 Å². The topological polar surface area (TPSA) is 71.6 Å². The summed E-state index contributed by atoms with van der Waals surface area (Å²) in [5.41, 5.74) is 5.59. The van der Waals surface area contributed by atoms with Gasteiger partial charge in [0.25, 0.3) is 0 Å². The van der Waals surface area contributed by atoms with Crippen molar-refractivity contribution in [1.29, 1.82) is 5.41 Å². The molecule has 0 aromatic carbocycles. The number of hydrogen-bond acceptors (Lipinski definition) is 4. The zero-order chi connectivity index (χ0) is 12.4. The molecular formula is C11H25N3O2. The van der Waals surface area contributed by atoms with Gasteiger partial charge in [0.15, 0.2) is 0 Å². The first-order chi connectivity index (χ1) is 7.67. The first-order valence-electron chi connectivity index (χ1n) is 5.73. The van der Waals surface area contributed by atoms with E-state index in [-0.39, 0.29) is 11.9 Å². The number of nitrogens with zero attached hydrogens (tertiary/aromatic N) is 1. The molecule has 5 nitrogen and oxygen atoms in total. The molecule has 0 fully saturated rings. The first-order valence-corrected chi connectivity index (χ1v) is 5.73. The molecule has 0 aliphatic rings. The van der Waals surface area contributed by atoms with Crippen LogP contribution in [0.2, 0.25) is 0 Å². The molecule has 0 aromatic heterocycles. The maximum absolute atomic E-state index is 7.56. The number of ether oxygens (including phenoxy) is 2. The molecule has 0 aliphatic heterocycles. The van der Waals surface area contributed by atoms with E-state index >= 15 is 0 Å². The third-order valence-electron chi connectivity index (χ3n) is 2.56. The fourth-order valence-electron chi connectivity index (χ4n) is 1.72. The summed E-state index contributed by atoms with van der Waals surface area (Å²) in [5.74, 6) is 0.232. The second kappa shape index (κ2) is 9.57. The number of hydrogen-bond donors (Lipinski definition) is 2. The first kappa shape index (κ1) is 15.3. The number of amidine groups is 1. The van der Waals surface area contributed by atoms with E-state index in [0.29, 0.717) is 6.61 Å². The smallest absolute Gasteiger partial charge is 0.108 e. The Morgan fingerprint density at radius 1 is 1.25 bits per heavy atom. The summed E-state index contributed by atoms with van der Waals surface area (Å²) in [6.45, 7) is 5.13. The van der Waals surface area contributed by atoms with Gasteiger partial charge in [-0.05, 0) is 12.8 Å². The summed E-state index contributed by atoms with van der Waals surface area (Å²) < 4.78 is 10.1. The van der Waals surface area contributed by atoms with Gasteiger partial charge in [0.05, 0.1) is 12.6 Å². The number of nitrogens with one attached hydrogen (secondary N) is 1. The average molecular weight is 231 g/mol. The third kappa shape index (κ3) is 6.05. The molecule has 16 heavy (non-hydrogen) atoms. The van der Waals surface area contributed by atoms with Gasteiger partial charge in [-0.3, -0.25) is 10.3 Å². The van der Waals surface area contributed by atoms with Crippen LogP contribution in [0.25, 0.3) is 0 Å². The van der Waals surface area contributed by atoms with E-state index in [1.807, 2.05) is 6.92 Å². The van der Waals surface area contributed by atoms with Gasteiger partial charge in [-0.1, -0.05) is 6.92 Å². The van der Waals surface area contributed by atoms with Crippen molar-refractivity contribution in [3.8, 4) is 0 Å². The minimum absolute atomic E-state index is 0.0204. The molecule has 0 rings (SSSR count). The Morgan fingerprint density at radius 3 is 2.31 bits per heavy atom. The molecule has 96 valence electrons. The van der Waals surface area contributed by atoms with E-state index < -0.39 is 0 Å². The highest BCUT2D eigenvalue weighted by atomic mass is 16.5. The van der Waals surface area contributed by atoms with Gasteiger partial charge in [0, 0.05) is 33.9 Å². The molecule has 0 spiro atoms. The van der Waals surface area contributed by atoms with Gasteiger partial charge < -0.3 is 15.2 Å². The lowest BCUT2D eigenvalue weighted by atomic mass is 10.1. The molecule has 0 saturated heterocycles. The molecule has 1 unspecified atom stereocenters. The lowest BCUT2D eigenvalue weighted by Crippen LogP contribution is -2.46. The highest BCUT2D eigenvalue weighted by molar-refractivity contribution is 5.82. The van der Waals surface area contributed by atoms with E-state index in [2.05, 4.69) is 4.90 Å². The van der Waals surface area contributed by atoms with Crippen LogP contribution in [0.4, 0.5) is 0 Å². The molecular weight excluding hydrogens is 206 g/mol. The summed E-state index contributed by atoms with van der Waals surface area (Å²) in [5, 5.41) is 7.56. The minimum atomic E-state index is 0.0204. The Hall–Kier alpha value is -0.650. The van der Waals surface area contributed by atoms with Gasteiger partial charge in [0.2, 0.25) is 0 Å². The maximum Gasteiger partial charge on any atom is 0.108 e. The molecule has 3 N–H and O–H groups in total. The van der Waals surface area contributed by atoms with Crippen molar-refractivity contribution in [2.45, 2.75) is 25.8 Å². The standard InChI is InChI=1S/C11H25N3O2/c1-4-10(11(12)13)14(7-9-16-3)6-5-8-15-2/h10H,4-9H2,1-3H3,(H3,12,13). The average Bonchev–Trinajstić information content (AvgIpc) is 2.25. The normalized spacial score (nSPS) is 13.0. The predicted molar refractivity (Wildman–Crippen MR) is 65.9 cm³/mol. The van der Waals surface area contributed by atoms with E-state index in [4.69, 9.17) is 20.6 Å². The SMILES string of the molecule is CCC(C(=N)N)N(CCCOC)CCOC. The Balaban J connectivity index is 4.19. The molecule has 0 amide bonds. The predicted octanol–water partition coefficient (Wildman–Crippen LogP) is 0.686. The summed E-state index contributed by atoms with van der Waals surface area (Å²) in [6, 6.07) is 0.0204. The van der Waals surface area contributed by atoms with Crippen LogP contribution >= 0.6 is 0 Å². The van der Waals surface area contributed by atoms with Crippen LogP contribution in [0.15, 0.2) is 0 Å². The molecule has 0 aromatic rings. The number of rotatable bonds is 10. The molecule has 1 atom stereocenters. The lowest BCUT2D eigenvalue weighted by Gasteiger charge is -2.29. The lowest BCUT2D eigenvalue weighted by molar-refractivity contribution is 0.121. The van der Waals surface area contributed by atoms with E-state index in [9.17, 15) is 0 Å². The number of methoxy groups -OCH3 is 2. The second-order valence-corrected chi connectivity index (χ2v) is 3.75. The molecule has 0 aliphatic carbocycles. The minimum Gasteiger partial charge on any atom is -0.386 e. The quantitative estimate of drug-likeness (QED) is 0.329. The van der Waals surface area contributed by atoms with Crippen LogP contribution in [0.5, 0.6) is 0 Å². The van der Waals surface area contributed by atoms with Crippen LogP contribution in [-0.2, 0) is 9.47 Å². The van der Waals surface area contributed by atoms with Crippen molar-refractivity contribution < 1.29 is 9.47 Å². The monoisotopic (exact) mass is 231 g/mol. The van der Waals surface area contributed by atoms with Gasteiger partial charge >= 0.3 is 0 Å². The third-order valence-corrected chi connectivity index (χ3v) is 2.56. The summed E-state index contributed by atoms with van der Waals surface area (Å²) in [6.07, 6.45) is 1.80. The van der Waals surface area contributed by atoms with Crippen LogP contribution in [0, 0.1) is 5.41 Å². The largest absolute Gasteiger partial charge is 0.386 e. The highest BCUT2D eigenvalue weighted by Crippen LogP contribution is 2.05. The molecule has 5 heteroatoms. The fourth-order valence-corrected chi connectivity index (χ4v) is 1.72. The van der Waals surface area contributed by atoms with Crippen molar-refractivity contribution in [2.24, 2.45) is 5.73 Å². The summed E-state index contributed by atoms with van der Waals surface area (Å²) >= 11 is 0. The van der Waals surface area contributed by atoms with Crippen molar-refractivity contribution in [1.82, 2.24) is 4.90 Å². The molecule has 0 heterocycles. The molecule has 0 saturated carbocycles. The number of nitrogens with two attached hydrogens (primary N) is 1. The maximum atomic E-state index is 7.56. The van der Waals surface area contributed by atoms with E-state index in [1.165, 1.54) is 0 Å². The second-order valence-electron chi connectivity index (χ2n) is 3.75. The highest BCUT2D eigenvalue weighted by Gasteiger charge is 2.18. The van der Waals surface area contributed by atoms with Gasteiger partial charge in [-0.15, -0.1) is 0 Å². The van der Waals surface area contributed by atoms with Crippen molar-refractivity contribution >= 4 is 5.84 Å². The van der Waals surface area contributed by atoms with Crippen LogP contribution < -0.4 is 5.73 Å². The zero-order valence-electron chi connectivity index (χ0n) is 10.7. The van der Waals surface area contributed by atoms with Gasteiger partial charge in [-0.25, -0.2) is 0 Å². The van der Waals surface area contributed by atoms with E-state index in [0.717, 1.165) is 32.5 Å². The van der Waals surface area contributed by atoms with Crippen molar-refractivity contribution in [2.75, 3.05) is 40.5 Å². The molecule has 0 radical (unpaired) electrons. The Morgan fingerprint density at radius 2 is 1.88 bits per heavy atom. The van der Waals surface area contributed by atoms with Gasteiger partial charge in [0.1, 0.15) is 5.84 Å². The van der Waals surface area contributed by atoms with Gasteiger partial charge in [-0.2, -0.15) is 0 Å². The van der Waals surface area contributed by atoms with Crippen LogP contribution in [-0.4, -0.2) is 57.3 Å². The Labute approximate surface area is 98.4 Å². The Bertz CT molecular complexity index is 188. The van der Waals surface area contributed by atoms with Crippen LogP contribution in [0.1, 0.15) is 19.8 Å².